The first-order valence-corrected chi connectivity index (χ1v) is 8.18. The van der Waals surface area contributed by atoms with E-state index in [-0.39, 0.29) is 36.1 Å². The Bertz CT molecular complexity index is 694. The monoisotopic (exact) mass is 333 g/mol. The van der Waals surface area contributed by atoms with Gasteiger partial charge in [-0.3, -0.25) is 19.3 Å². The molecule has 2 fully saturated rings. The summed E-state index contributed by atoms with van der Waals surface area (Å²) in [6.45, 7) is -0.328. The molecule has 3 rings (SSSR count). The van der Waals surface area contributed by atoms with E-state index in [2.05, 4.69) is 0 Å². The number of methoxy groups -OCH3 is 1. The van der Waals surface area contributed by atoms with Crippen LogP contribution in [0.25, 0.3) is 0 Å². The molecule has 1 saturated carbocycles. The summed E-state index contributed by atoms with van der Waals surface area (Å²) in [5.41, 5.74) is -0.487. The van der Waals surface area contributed by atoms with E-state index in [4.69, 9.17) is 4.74 Å². The Balaban J connectivity index is 1.75. The second-order valence-corrected chi connectivity index (χ2v) is 6.58. The van der Waals surface area contributed by atoms with Crippen LogP contribution >= 0.6 is 0 Å². The number of ether oxygens (including phenoxy) is 1. The van der Waals surface area contributed by atoms with E-state index in [1.54, 1.807) is 0 Å². The van der Waals surface area contributed by atoms with Crippen LogP contribution in [0.2, 0.25) is 0 Å². The van der Waals surface area contributed by atoms with Crippen molar-refractivity contribution in [3.8, 4) is 5.75 Å². The van der Waals surface area contributed by atoms with Gasteiger partial charge in [-0.15, -0.1) is 0 Å². The highest BCUT2D eigenvalue weighted by atomic mass is 19.1. The van der Waals surface area contributed by atoms with Crippen LogP contribution in [0.15, 0.2) is 18.2 Å². The molecule has 0 bridgehead atoms. The van der Waals surface area contributed by atoms with Crippen molar-refractivity contribution in [1.29, 1.82) is 0 Å². The smallest absolute Gasteiger partial charge is 0.236 e. The number of halogens is 1. The van der Waals surface area contributed by atoms with Crippen LogP contribution in [0, 0.1) is 11.2 Å². The van der Waals surface area contributed by atoms with Gasteiger partial charge < -0.3 is 4.74 Å². The minimum Gasteiger partial charge on any atom is -0.494 e. The molecule has 0 unspecified atom stereocenters. The van der Waals surface area contributed by atoms with Crippen molar-refractivity contribution in [1.82, 2.24) is 4.90 Å². The summed E-state index contributed by atoms with van der Waals surface area (Å²) in [6.07, 6.45) is 4.55. The summed E-state index contributed by atoms with van der Waals surface area (Å²) in [7, 11) is 1.34. The van der Waals surface area contributed by atoms with Crippen LogP contribution in [0.3, 0.4) is 0 Å². The van der Waals surface area contributed by atoms with E-state index in [0.717, 1.165) is 30.2 Å². The van der Waals surface area contributed by atoms with Crippen LogP contribution < -0.4 is 4.74 Å². The number of Topliss-reactive ketones (excluding diaryl/α,β-unsaturated/α-hetero) is 1. The maximum Gasteiger partial charge on any atom is 0.236 e. The van der Waals surface area contributed by atoms with Gasteiger partial charge in [0.25, 0.3) is 0 Å². The number of hydrogen-bond acceptors (Lipinski definition) is 4. The summed E-state index contributed by atoms with van der Waals surface area (Å²) < 4.78 is 18.6. The van der Waals surface area contributed by atoms with E-state index < -0.39 is 17.0 Å². The third-order valence-electron chi connectivity index (χ3n) is 5.08. The van der Waals surface area contributed by atoms with Crippen molar-refractivity contribution in [2.75, 3.05) is 13.7 Å². The van der Waals surface area contributed by atoms with E-state index in [1.165, 1.54) is 19.2 Å². The molecule has 1 aliphatic heterocycles. The van der Waals surface area contributed by atoms with Gasteiger partial charge in [0.1, 0.15) is 0 Å². The molecule has 1 aromatic rings. The van der Waals surface area contributed by atoms with Gasteiger partial charge in [-0.2, -0.15) is 0 Å². The van der Waals surface area contributed by atoms with E-state index in [1.807, 2.05) is 0 Å². The molecule has 0 aromatic heterocycles. The number of rotatable bonds is 4. The Morgan fingerprint density at radius 1 is 1.25 bits per heavy atom. The molecule has 0 atom stereocenters. The number of amides is 2. The third kappa shape index (κ3) is 2.81. The molecule has 0 radical (unpaired) electrons. The topological polar surface area (TPSA) is 63.7 Å². The Labute approximate surface area is 139 Å². The van der Waals surface area contributed by atoms with Crippen LogP contribution in [-0.4, -0.2) is 36.2 Å². The molecule has 1 heterocycles. The molecule has 128 valence electrons. The fraction of sp³-hybridized carbons (Fsp3) is 0.500. The Morgan fingerprint density at radius 3 is 2.58 bits per heavy atom. The number of imide groups is 1. The quantitative estimate of drug-likeness (QED) is 0.628. The predicted octanol–water partition coefficient (Wildman–Crippen LogP) is 2.73. The summed E-state index contributed by atoms with van der Waals surface area (Å²) in [5, 5.41) is 0. The summed E-state index contributed by atoms with van der Waals surface area (Å²) in [5.74, 6) is -1.60. The summed E-state index contributed by atoms with van der Waals surface area (Å²) in [4.78, 5) is 38.3. The average molecular weight is 333 g/mol. The van der Waals surface area contributed by atoms with Gasteiger partial charge in [0, 0.05) is 12.0 Å². The van der Waals surface area contributed by atoms with Gasteiger partial charge in [0.2, 0.25) is 11.8 Å². The number of nitrogens with zero attached hydrogens (tertiary/aromatic N) is 1. The fourth-order valence-electron chi connectivity index (χ4n) is 3.71. The van der Waals surface area contributed by atoms with Gasteiger partial charge in [-0.1, -0.05) is 19.3 Å². The van der Waals surface area contributed by atoms with Crippen molar-refractivity contribution >= 4 is 17.6 Å². The second kappa shape index (κ2) is 6.34. The minimum absolute atomic E-state index is 0.0426. The highest BCUT2D eigenvalue weighted by Crippen LogP contribution is 2.45. The Morgan fingerprint density at radius 2 is 1.96 bits per heavy atom. The lowest BCUT2D eigenvalue weighted by atomic mass is 9.73. The van der Waals surface area contributed by atoms with E-state index in [9.17, 15) is 18.8 Å². The van der Waals surface area contributed by atoms with E-state index in [0.29, 0.717) is 12.8 Å². The van der Waals surface area contributed by atoms with Crippen molar-refractivity contribution in [2.45, 2.75) is 38.5 Å². The van der Waals surface area contributed by atoms with Crippen LogP contribution in [0.5, 0.6) is 5.75 Å². The number of carbonyl (C=O) groups is 3. The lowest BCUT2D eigenvalue weighted by molar-refractivity contribution is -0.141. The zero-order valence-corrected chi connectivity index (χ0v) is 13.6. The predicted molar refractivity (Wildman–Crippen MR) is 84.1 cm³/mol. The number of carbonyl (C=O) groups excluding carboxylic acids is 3. The molecule has 6 heteroatoms. The molecular formula is C18H20FNO4. The average Bonchev–Trinajstić information content (AvgIpc) is 2.79. The largest absolute Gasteiger partial charge is 0.494 e. The van der Waals surface area contributed by atoms with Crippen molar-refractivity contribution in [2.24, 2.45) is 5.41 Å². The number of likely N-dealkylation sites (tertiary alicyclic amines) is 1. The highest BCUT2D eigenvalue weighted by molar-refractivity contribution is 6.10. The molecule has 2 aliphatic rings. The fourth-order valence-corrected chi connectivity index (χ4v) is 3.71. The van der Waals surface area contributed by atoms with Gasteiger partial charge in [0.05, 0.1) is 19.1 Å². The van der Waals surface area contributed by atoms with Gasteiger partial charge in [-0.05, 0) is 31.0 Å². The molecule has 5 nitrogen and oxygen atoms in total. The van der Waals surface area contributed by atoms with Crippen LogP contribution in [-0.2, 0) is 9.59 Å². The molecule has 0 N–H and O–H groups in total. The first-order chi connectivity index (χ1) is 11.5. The second-order valence-electron chi connectivity index (χ2n) is 6.58. The summed E-state index contributed by atoms with van der Waals surface area (Å²) in [6, 6.07) is 3.87. The minimum atomic E-state index is -0.647. The van der Waals surface area contributed by atoms with Crippen LogP contribution in [0.1, 0.15) is 48.9 Å². The maximum atomic E-state index is 13.7. The zero-order valence-electron chi connectivity index (χ0n) is 13.6. The Hall–Kier alpha value is -2.24. The number of benzene rings is 1. The third-order valence-corrected chi connectivity index (χ3v) is 5.08. The molecule has 1 aliphatic carbocycles. The molecular weight excluding hydrogens is 313 g/mol. The SMILES string of the molecule is COc1ccc(C(=O)CN2C(=O)CC3(CCCCC3)C2=O)cc1F. The Kier molecular flexibility index (Phi) is 4.39. The number of hydrogen-bond donors (Lipinski definition) is 0. The number of ketones is 1. The van der Waals surface area contributed by atoms with Crippen LogP contribution in [0.4, 0.5) is 4.39 Å². The first kappa shape index (κ1) is 16.6. The highest BCUT2D eigenvalue weighted by Gasteiger charge is 2.51. The first-order valence-electron chi connectivity index (χ1n) is 8.18. The molecule has 2 amide bonds. The van der Waals surface area contributed by atoms with Crippen molar-refractivity contribution in [3.63, 3.8) is 0 Å². The molecule has 1 aromatic carbocycles. The molecule has 1 spiro atoms. The standard InChI is InChI=1S/C18H20FNO4/c1-24-15-6-5-12(9-13(15)19)14(21)11-20-16(22)10-18(17(20)23)7-3-2-4-8-18/h5-6,9H,2-4,7-8,10-11H2,1H3. The lowest BCUT2D eigenvalue weighted by Crippen LogP contribution is -2.39. The molecule has 1 saturated heterocycles. The van der Waals surface area contributed by atoms with Gasteiger partial charge in [0.15, 0.2) is 17.3 Å². The van der Waals surface area contributed by atoms with Gasteiger partial charge in [-0.25, -0.2) is 4.39 Å². The van der Waals surface area contributed by atoms with Crippen molar-refractivity contribution < 1.29 is 23.5 Å². The maximum absolute atomic E-state index is 13.7. The molecule has 24 heavy (non-hydrogen) atoms. The van der Waals surface area contributed by atoms with Gasteiger partial charge >= 0.3 is 0 Å². The van der Waals surface area contributed by atoms with Crippen molar-refractivity contribution in [3.05, 3.63) is 29.6 Å². The summed E-state index contributed by atoms with van der Waals surface area (Å²) >= 11 is 0. The zero-order chi connectivity index (χ0) is 17.3. The van der Waals surface area contributed by atoms with E-state index >= 15 is 0 Å². The normalized spacial score (nSPS) is 19.8. The lowest BCUT2D eigenvalue weighted by Gasteiger charge is -2.30.